The van der Waals surface area contributed by atoms with E-state index in [0.717, 1.165) is 5.56 Å². The molecule has 0 aromatic carbocycles. The third-order valence-electron chi connectivity index (χ3n) is 1.03. The molecular formula is C6H5BrClNO. The van der Waals surface area contributed by atoms with E-state index in [-0.39, 0.29) is 10.9 Å². The van der Waals surface area contributed by atoms with Crippen molar-refractivity contribution >= 4 is 27.5 Å². The van der Waals surface area contributed by atoms with E-state index in [9.17, 15) is 0 Å². The monoisotopic (exact) mass is 221 g/mol. The van der Waals surface area contributed by atoms with E-state index in [4.69, 9.17) is 16.7 Å². The molecule has 0 saturated carbocycles. The maximum Gasteiger partial charge on any atom is 0.170 e. The van der Waals surface area contributed by atoms with Crippen LogP contribution in [0.2, 0.25) is 5.15 Å². The first-order valence-electron chi connectivity index (χ1n) is 2.63. The first kappa shape index (κ1) is 7.82. The zero-order valence-corrected chi connectivity index (χ0v) is 7.35. The van der Waals surface area contributed by atoms with Crippen LogP contribution in [0, 0.1) is 0 Å². The van der Waals surface area contributed by atoms with Crippen LogP contribution >= 0.6 is 27.5 Å². The predicted molar refractivity (Wildman–Crippen MR) is 43.5 cm³/mol. The van der Waals surface area contributed by atoms with Gasteiger partial charge >= 0.3 is 0 Å². The lowest BCUT2D eigenvalue weighted by Gasteiger charge is -1.96. The Morgan fingerprint density at radius 3 is 2.90 bits per heavy atom. The van der Waals surface area contributed by atoms with E-state index in [1.807, 2.05) is 0 Å². The molecule has 1 N–H and O–H groups in total. The first-order valence-corrected chi connectivity index (χ1v) is 4.13. The van der Waals surface area contributed by atoms with E-state index < -0.39 is 0 Å². The average molecular weight is 222 g/mol. The van der Waals surface area contributed by atoms with E-state index in [2.05, 4.69) is 20.9 Å². The lowest BCUT2D eigenvalue weighted by Crippen LogP contribution is -1.80. The Morgan fingerprint density at radius 1 is 1.70 bits per heavy atom. The molecule has 0 bridgehead atoms. The number of halogens is 2. The van der Waals surface area contributed by atoms with E-state index in [1.165, 1.54) is 0 Å². The molecule has 10 heavy (non-hydrogen) atoms. The number of aromatic hydroxyl groups is 1. The summed E-state index contributed by atoms with van der Waals surface area (Å²) in [7, 11) is 0. The van der Waals surface area contributed by atoms with Gasteiger partial charge in [0, 0.05) is 11.5 Å². The van der Waals surface area contributed by atoms with Gasteiger partial charge in [-0.05, 0) is 11.6 Å². The summed E-state index contributed by atoms with van der Waals surface area (Å²) in [4.78, 5) is 3.73. The average Bonchev–Trinajstić information content (AvgIpc) is 1.95. The van der Waals surface area contributed by atoms with Crippen LogP contribution in [-0.2, 0) is 5.33 Å². The van der Waals surface area contributed by atoms with Crippen molar-refractivity contribution in [1.82, 2.24) is 4.98 Å². The predicted octanol–water partition coefficient (Wildman–Crippen LogP) is 2.34. The Balaban J connectivity index is 3.04. The second kappa shape index (κ2) is 3.21. The summed E-state index contributed by atoms with van der Waals surface area (Å²) in [6.45, 7) is 0. The van der Waals surface area contributed by atoms with E-state index in [1.54, 1.807) is 12.3 Å². The Kier molecular flexibility index (Phi) is 2.51. The Bertz CT molecular complexity index is 241. The zero-order valence-electron chi connectivity index (χ0n) is 5.01. The van der Waals surface area contributed by atoms with Gasteiger partial charge < -0.3 is 5.11 Å². The molecule has 4 heteroatoms. The van der Waals surface area contributed by atoms with E-state index >= 15 is 0 Å². The van der Waals surface area contributed by atoms with Gasteiger partial charge in [-0.3, -0.25) is 0 Å². The number of aromatic nitrogens is 1. The summed E-state index contributed by atoms with van der Waals surface area (Å²) in [5.41, 5.74) is 0.905. The number of hydrogen-bond donors (Lipinski definition) is 1. The molecule has 0 atom stereocenters. The van der Waals surface area contributed by atoms with Crippen LogP contribution in [0.25, 0.3) is 0 Å². The third kappa shape index (κ3) is 1.61. The smallest absolute Gasteiger partial charge is 0.170 e. The quantitative estimate of drug-likeness (QED) is 0.584. The maximum atomic E-state index is 9.02. The molecule has 0 unspecified atom stereocenters. The number of alkyl halides is 1. The fourth-order valence-electron chi connectivity index (χ4n) is 0.551. The highest BCUT2D eigenvalue weighted by atomic mass is 79.9. The number of rotatable bonds is 1. The van der Waals surface area contributed by atoms with Gasteiger partial charge in [-0.15, -0.1) is 0 Å². The largest absolute Gasteiger partial charge is 0.505 e. The fourth-order valence-corrected chi connectivity index (χ4v) is 0.961. The molecule has 1 aromatic heterocycles. The first-order chi connectivity index (χ1) is 4.74. The third-order valence-corrected chi connectivity index (χ3v) is 1.97. The maximum absolute atomic E-state index is 9.02. The van der Waals surface area contributed by atoms with Crippen LogP contribution in [0.5, 0.6) is 5.75 Å². The lowest BCUT2D eigenvalue weighted by atomic mass is 10.3. The van der Waals surface area contributed by atoms with Crippen LogP contribution in [-0.4, -0.2) is 10.1 Å². The summed E-state index contributed by atoms with van der Waals surface area (Å²) >= 11 is 8.68. The molecule has 0 aliphatic heterocycles. The summed E-state index contributed by atoms with van der Waals surface area (Å²) in [6.07, 6.45) is 1.61. The summed E-state index contributed by atoms with van der Waals surface area (Å²) in [5.74, 6) is 0.0265. The summed E-state index contributed by atoms with van der Waals surface area (Å²) < 4.78 is 0. The second-order valence-electron chi connectivity index (χ2n) is 1.79. The second-order valence-corrected chi connectivity index (χ2v) is 2.71. The molecular weight excluding hydrogens is 217 g/mol. The minimum absolute atomic E-state index is 0.0265. The number of pyridine rings is 1. The van der Waals surface area contributed by atoms with Gasteiger partial charge in [0.15, 0.2) is 10.9 Å². The highest BCUT2D eigenvalue weighted by Gasteiger charge is 1.98. The van der Waals surface area contributed by atoms with Crippen LogP contribution in [0.4, 0.5) is 0 Å². The molecule has 2 nitrogen and oxygen atoms in total. The zero-order chi connectivity index (χ0) is 7.56. The molecule has 0 saturated heterocycles. The van der Waals surface area contributed by atoms with Gasteiger partial charge in [0.05, 0.1) is 0 Å². The van der Waals surface area contributed by atoms with Crippen molar-refractivity contribution in [2.24, 2.45) is 0 Å². The van der Waals surface area contributed by atoms with Gasteiger partial charge in [0.25, 0.3) is 0 Å². The molecule has 1 aromatic rings. The SMILES string of the molecule is Oc1cc(CBr)cnc1Cl. The summed E-state index contributed by atoms with van der Waals surface area (Å²) in [6, 6.07) is 1.57. The molecule has 54 valence electrons. The molecule has 0 spiro atoms. The van der Waals surface area contributed by atoms with Crippen molar-refractivity contribution in [2.45, 2.75) is 5.33 Å². The van der Waals surface area contributed by atoms with Crippen molar-refractivity contribution in [3.05, 3.63) is 23.0 Å². The lowest BCUT2D eigenvalue weighted by molar-refractivity contribution is 0.472. The highest BCUT2D eigenvalue weighted by Crippen LogP contribution is 2.21. The van der Waals surface area contributed by atoms with E-state index in [0.29, 0.717) is 5.33 Å². The van der Waals surface area contributed by atoms with Gasteiger partial charge in [-0.1, -0.05) is 27.5 Å². The molecule has 1 heterocycles. The normalized spacial score (nSPS) is 9.80. The minimum atomic E-state index is 0.0265. The summed E-state index contributed by atoms with van der Waals surface area (Å²) in [5, 5.41) is 9.83. The molecule has 0 amide bonds. The Labute approximate surface area is 72.0 Å². The van der Waals surface area contributed by atoms with Crippen molar-refractivity contribution in [2.75, 3.05) is 0 Å². The fraction of sp³-hybridized carbons (Fsp3) is 0.167. The molecule has 1 rings (SSSR count). The van der Waals surface area contributed by atoms with Crippen molar-refractivity contribution in [3.8, 4) is 5.75 Å². The van der Waals surface area contributed by atoms with Gasteiger partial charge in [0.2, 0.25) is 0 Å². The van der Waals surface area contributed by atoms with Crippen LogP contribution < -0.4 is 0 Å². The Hall–Kier alpha value is -0.280. The van der Waals surface area contributed by atoms with Crippen LogP contribution in [0.1, 0.15) is 5.56 Å². The van der Waals surface area contributed by atoms with Crippen molar-refractivity contribution in [3.63, 3.8) is 0 Å². The van der Waals surface area contributed by atoms with Gasteiger partial charge in [-0.25, -0.2) is 4.98 Å². The van der Waals surface area contributed by atoms with Crippen molar-refractivity contribution in [1.29, 1.82) is 0 Å². The minimum Gasteiger partial charge on any atom is -0.505 e. The van der Waals surface area contributed by atoms with Crippen molar-refractivity contribution < 1.29 is 5.11 Å². The Morgan fingerprint density at radius 2 is 2.40 bits per heavy atom. The van der Waals surface area contributed by atoms with Gasteiger partial charge in [-0.2, -0.15) is 0 Å². The topological polar surface area (TPSA) is 33.1 Å². The van der Waals surface area contributed by atoms with Gasteiger partial charge in [0.1, 0.15) is 0 Å². The molecule has 0 aliphatic carbocycles. The standard InChI is InChI=1S/C6H5BrClNO/c7-2-4-1-5(10)6(8)9-3-4/h1,3,10H,2H2. The van der Waals surface area contributed by atoms with Crippen LogP contribution in [0.3, 0.4) is 0 Å². The van der Waals surface area contributed by atoms with Crippen LogP contribution in [0.15, 0.2) is 12.3 Å². The molecule has 0 radical (unpaired) electrons. The number of hydrogen-bond acceptors (Lipinski definition) is 2. The highest BCUT2D eigenvalue weighted by molar-refractivity contribution is 9.08. The number of nitrogens with zero attached hydrogens (tertiary/aromatic N) is 1. The molecule has 0 aliphatic rings. The molecule has 0 fully saturated rings.